The van der Waals surface area contributed by atoms with Gasteiger partial charge in [0.05, 0.1) is 20.4 Å². The van der Waals surface area contributed by atoms with Crippen LogP contribution in [0.5, 0.6) is 23.0 Å². The lowest BCUT2D eigenvalue weighted by Crippen LogP contribution is -2.47. The Morgan fingerprint density at radius 1 is 0.758 bits per heavy atom. The fraction of sp³-hybridized carbons (Fsp3) is 0.333. The summed E-state index contributed by atoms with van der Waals surface area (Å²) in [6.07, 6.45) is 1.19. The third-order valence-corrected chi connectivity index (χ3v) is 6.38. The molecule has 0 atom stereocenters. The Labute approximate surface area is 195 Å². The van der Waals surface area contributed by atoms with Crippen molar-refractivity contribution < 1.29 is 18.9 Å². The average molecular weight is 447 g/mol. The fourth-order valence-electron chi connectivity index (χ4n) is 4.76. The summed E-state index contributed by atoms with van der Waals surface area (Å²) in [5.41, 5.74) is 3.68. The van der Waals surface area contributed by atoms with E-state index in [-0.39, 0.29) is 13.0 Å². The molecule has 0 bridgehead atoms. The molecule has 3 aromatic rings. The zero-order valence-electron chi connectivity index (χ0n) is 19.2. The van der Waals surface area contributed by atoms with E-state index in [0.717, 1.165) is 61.2 Å². The van der Waals surface area contributed by atoms with Gasteiger partial charge in [0.2, 0.25) is 6.79 Å². The van der Waals surface area contributed by atoms with Crippen molar-refractivity contribution in [2.75, 3.05) is 34.1 Å². The van der Waals surface area contributed by atoms with E-state index in [2.05, 4.69) is 46.2 Å². The number of fused-ring (bicyclic) bond motifs is 1. The second-order valence-electron chi connectivity index (χ2n) is 8.45. The Morgan fingerprint density at radius 3 is 1.88 bits per heavy atom. The van der Waals surface area contributed by atoms with E-state index in [0.29, 0.717) is 0 Å². The van der Waals surface area contributed by atoms with Gasteiger partial charge in [0.25, 0.3) is 0 Å². The van der Waals surface area contributed by atoms with Crippen LogP contribution in [0.3, 0.4) is 0 Å². The lowest BCUT2D eigenvalue weighted by atomic mass is 10.0. The molecule has 0 unspecified atom stereocenters. The summed E-state index contributed by atoms with van der Waals surface area (Å²) in [6, 6.07) is 22.9. The van der Waals surface area contributed by atoms with Crippen molar-refractivity contribution >= 4 is 0 Å². The van der Waals surface area contributed by atoms with Crippen LogP contribution >= 0.6 is 0 Å². The molecule has 33 heavy (non-hydrogen) atoms. The monoisotopic (exact) mass is 446 g/mol. The van der Waals surface area contributed by atoms with Gasteiger partial charge in [-0.2, -0.15) is 0 Å². The molecule has 0 saturated carbocycles. The highest BCUT2D eigenvalue weighted by molar-refractivity contribution is 5.49. The highest BCUT2D eigenvalue weighted by Crippen LogP contribution is 2.43. The molecule has 0 N–H and O–H groups in total. The molecule has 2 aliphatic rings. The molecule has 1 fully saturated rings. The summed E-state index contributed by atoms with van der Waals surface area (Å²) in [5, 5.41) is 0. The lowest BCUT2D eigenvalue weighted by Gasteiger charge is -2.44. The Morgan fingerprint density at radius 2 is 1.33 bits per heavy atom. The molecule has 2 heterocycles. The maximum atomic E-state index is 5.93. The highest BCUT2D eigenvalue weighted by Gasteiger charge is 2.34. The van der Waals surface area contributed by atoms with Gasteiger partial charge in [0, 0.05) is 31.7 Å². The van der Waals surface area contributed by atoms with Crippen LogP contribution in [0.15, 0.2) is 66.7 Å². The quantitative estimate of drug-likeness (QED) is 0.518. The van der Waals surface area contributed by atoms with Gasteiger partial charge >= 0.3 is 0 Å². The van der Waals surface area contributed by atoms with Crippen molar-refractivity contribution in [3.8, 4) is 23.0 Å². The third-order valence-electron chi connectivity index (χ3n) is 6.38. The molecule has 0 aromatic heterocycles. The van der Waals surface area contributed by atoms with E-state index in [1.807, 2.05) is 30.3 Å². The van der Waals surface area contributed by atoms with Gasteiger partial charge in [0.1, 0.15) is 11.5 Å². The SMILES string of the molecule is COc1ccc(CN2CCCN(Cc3ccc(OC)cc3)C2c2cccc3c2OCO3)cc1. The number of para-hydroxylation sites is 1. The molecule has 0 spiro atoms. The summed E-state index contributed by atoms with van der Waals surface area (Å²) < 4.78 is 22.3. The number of nitrogens with zero attached hydrogens (tertiary/aromatic N) is 2. The number of rotatable bonds is 7. The molecule has 6 heteroatoms. The fourth-order valence-corrected chi connectivity index (χ4v) is 4.76. The van der Waals surface area contributed by atoms with Crippen LogP contribution in [0.1, 0.15) is 29.3 Å². The van der Waals surface area contributed by atoms with Crippen molar-refractivity contribution in [1.82, 2.24) is 9.80 Å². The van der Waals surface area contributed by atoms with Crippen LogP contribution in [0.4, 0.5) is 0 Å². The topological polar surface area (TPSA) is 43.4 Å². The van der Waals surface area contributed by atoms with E-state index in [4.69, 9.17) is 18.9 Å². The van der Waals surface area contributed by atoms with Crippen LogP contribution < -0.4 is 18.9 Å². The smallest absolute Gasteiger partial charge is 0.231 e. The van der Waals surface area contributed by atoms with Crippen LogP contribution in [0.25, 0.3) is 0 Å². The second kappa shape index (κ2) is 9.73. The molecule has 172 valence electrons. The van der Waals surface area contributed by atoms with Gasteiger partial charge < -0.3 is 18.9 Å². The van der Waals surface area contributed by atoms with Gasteiger partial charge in [0.15, 0.2) is 11.5 Å². The Hall–Kier alpha value is -3.22. The minimum Gasteiger partial charge on any atom is -0.497 e. The van der Waals surface area contributed by atoms with Crippen molar-refractivity contribution in [3.63, 3.8) is 0 Å². The Kier molecular flexibility index (Phi) is 6.37. The first-order chi connectivity index (χ1) is 16.2. The van der Waals surface area contributed by atoms with E-state index in [1.54, 1.807) is 14.2 Å². The zero-order chi connectivity index (χ0) is 22.6. The summed E-state index contributed by atoms with van der Waals surface area (Å²) in [7, 11) is 3.40. The van der Waals surface area contributed by atoms with Crippen molar-refractivity contribution in [2.24, 2.45) is 0 Å². The zero-order valence-corrected chi connectivity index (χ0v) is 19.2. The maximum Gasteiger partial charge on any atom is 0.231 e. The van der Waals surface area contributed by atoms with Gasteiger partial charge in [-0.05, 0) is 47.9 Å². The van der Waals surface area contributed by atoms with Crippen LogP contribution in [0.2, 0.25) is 0 Å². The largest absolute Gasteiger partial charge is 0.497 e. The standard InChI is InChI=1S/C27H30N2O4/c1-30-22-11-7-20(8-12-22)17-28-15-4-16-29(18-21-9-13-23(31-2)14-10-21)27(28)24-5-3-6-25-26(24)33-19-32-25/h3,5-14,27H,4,15-19H2,1-2H3. The first-order valence-corrected chi connectivity index (χ1v) is 11.4. The average Bonchev–Trinajstić information content (AvgIpc) is 3.35. The lowest BCUT2D eigenvalue weighted by molar-refractivity contribution is -0.0105. The number of hydrogen-bond acceptors (Lipinski definition) is 6. The van der Waals surface area contributed by atoms with Crippen molar-refractivity contribution in [1.29, 1.82) is 0 Å². The van der Waals surface area contributed by atoms with Crippen LogP contribution in [-0.4, -0.2) is 43.9 Å². The Balaban J connectivity index is 1.47. The van der Waals surface area contributed by atoms with Gasteiger partial charge in [-0.25, -0.2) is 0 Å². The number of methoxy groups -OCH3 is 2. The maximum absolute atomic E-state index is 5.93. The molecule has 2 aliphatic heterocycles. The van der Waals surface area contributed by atoms with Crippen molar-refractivity contribution in [3.05, 3.63) is 83.4 Å². The summed E-state index contributed by atoms with van der Waals surface area (Å²) in [6.45, 7) is 3.99. The summed E-state index contributed by atoms with van der Waals surface area (Å²) in [4.78, 5) is 5.07. The number of ether oxygens (including phenoxy) is 4. The van der Waals surface area contributed by atoms with E-state index in [1.165, 1.54) is 11.1 Å². The van der Waals surface area contributed by atoms with Crippen molar-refractivity contribution in [2.45, 2.75) is 25.7 Å². The first kappa shape index (κ1) is 21.6. The van der Waals surface area contributed by atoms with Crippen LogP contribution in [-0.2, 0) is 13.1 Å². The molecule has 0 aliphatic carbocycles. The van der Waals surface area contributed by atoms with Gasteiger partial charge in [-0.15, -0.1) is 0 Å². The number of hydrogen-bond donors (Lipinski definition) is 0. The number of benzene rings is 3. The molecule has 0 amide bonds. The Bertz CT molecular complexity index is 1010. The minimum absolute atomic E-state index is 0.0830. The summed E-state index contributed by atoms with van der Waals surface area (Å²) >= 11 is 0. The molecule has 1 saturated heterocycles. The predicted octanol–water partition coefficient (Wildman–Crippen LogP) is 4.84. The molecule has 3 aromatic carbocycles. The molecular formula is C27H30N2O4. The van der Waals surface area contributed by atoms with E-state index in [9.17, 15) is 0 Å². The third kappa shape index (κ3) is 4.63. The van der Waals surface area contributed by atoms with Gasteiger partial charge in [-0.1, -0.05) is 36.4 Å². The highest BCUT2D eigenvalue weighted by atomic mass is 16.7. The predicted molar refractivity (Wildman–Crippen MR) is 127 cm³/mol. The second-order valence-corrected chi connectivity index (χ2v) is 8.45. The van der Waals surface area contributed by atoms with Crippen LogP contribution in [0, 0.1) is 0 Å². The molecule has 5 rings (SSSR count). The molecule has 0 radical (unpaired) electrons. The molecular weight excluding hydrogens is 416 g/mol. The van der Waals surface area contributed by atoms with E-state index < -0.39 is 0 Å². The summed E-state index contributed by atoms with van der Waals surface area (Å²) in [5.74, 6) is 3.44. The minimum atomic E-state index is 0.0830. The first-order valence-electron chi connectivity index (χ1n) is 11.4. The van der Waals surface area contributed by atoms with Gasteiger partial charge in [-0.3, -0.25) is 9.80 Å². The normalized spacial score (nSPS) is 16.7. The molecule has 6 nitrogen and oxygen atoms in total. The van der Waals surface area contributed by atoms with E-state index >= 15 is 0 Å².